The van der Waals surface area contributed by atoms with E-state index < -0.39 is 5.41 Å². The second-order valence-corrected chi connectivity index (χ2v) is 6.64. The summed E-state index contributed by atoms with van der Waals surface area (Å²) in [5.74, 6) is 0.759. The van der Waals surface area contributed by atoms with Gasteiger partial charge in [-0.15, -0.1) is 0 Å². The number of ketones is 1. The molecule has 0 bridgehead atoms. The molecule has 0 atom stereocenters. The Bertz CT molecular complexity index is 762. The molecule has 25 heavy (non-hydrogen) atoms. The maximum absolute atomic E-state index is 12.4. The van der Waals surface area contributed by atoms with E-state index in [4.69, 9.17) is 9.47 Å². The van der Waals surface area contributed by atoms with Crippen LogP contribution in [0.15, 0.2) is 48.5 Å². The van der Waals surface area contributed by atoms with E-state index in [1.165, 1.54) is 7.11 Å². The molecule has 0 saturated heterocycles. The number of Topliss-reactive ketones (excluding diaryl/α,β-unsaturated/α-hetero) is 1. The predicted octanol–water partition coefficient (Wildman–Crippen LogP) is 3.94. The summed E-state index contributed by atoms with van der Waals surface area (Å²) in [7, 11) is 1.52. The SMILES string of the molecule is COc1ccccc1C(=O)Nc1cccc(OCC(=O)C(C)(C)C)c1. The Morgan fingerprint density at radius 2 is 1.76 bits per heavy atom. The molecule has 5 nitrogen and oxygen atoms in total. The van der Waals surface area contributed by atoms with E-state index in [9.17, 15) is 9.59 Å². The molecule has 0 saturated carbocycles. The summed E-state index contributed by atoms with van der Waals surface area (Å²) in [4.78, 5) is 24.4. The van der Waals surface area contributed by atoms with E-state index in [-0.39, 0.29) is 18.3 Å². The average molecular weight is 341 g/mol. The normalized spacial score (nSPS) is 10.9. The van der Waals surface area contributed by atoms with Gasteiger partial charge in [0.2, 0.25) is 0 Å². The van der Waals surface area contributed by atoms with Crippen molar-refractivity contribution in [2.45, 2.75) is 20.8 Å². The van der Waals surface area contributed by atoms with Gasteiger partial charge in [-0.3, -0.25) is 9.59 Å². The molecule has 2 aromatic rings. The third kappa shape index (κ3) is 5.08. The third-order valence-electron chi connectivity index (χ3n) is 3.65. The van der Waals surface area contributed by atoms with Gasteiger partial charge < -0.3 is 14.8 Å². The van der Waals surface area contributed by atoms with Crippen LogP contribution in [0, 0.1) is 5.41 Å². The maximum Gasteiger partial charge on any atom is 0.259 e. The van der Waals surface area contributed by atoms with Gasteiger partial charge in [-0.1, -0.05) is 39.0 Å². The molecule has 0 spiro atoms. The van der Waals surface area contributed by atoms with Crippen LogP contribution in [-0.4, -0.2) is 25.4 Å². The molecule has 0 heterocycles. The maximum atomic E-state index is 12.4. The molecule has 2 aromatic carbocycles. The first kappa shape index (κ1) is 18.5. The van der Waals surface area contributed by atoms with Crippen molar-refractivity contribution in [3.63, 3.8) is 0 Å². The minimum absolute atomic E-state index is 0.00654. The fraction of sp³-hybridized carbons (Fsp3) is 0.300. The lowest BCUT2D eigenvalue weighted by Gasteiger charge is -2.17. The Labute approximate surface area is 148 Å². The molecular formula is C20H23NO4. The number of benzene rings is 2. The van der Waals surface area contributed by atoms with Crippen LogP contribution in [-0.2, 0) is 4.79 Å². The van der Waals surface area contributed by atoms with Crippen LogP contribution < -0.4 is 14.8 Å². The molecule has 0 aliphatic rings. The number of ether oxygens (including phenoxy) is 2. The van der Waals surface area contributed by atoms with Crippen molar-refractivity contribution in [2.24, 2.45) is 5.41 Å². The Balaban J connectivity index is 2.06. The van der Waals surface area contributed by atoms with Crippen molar-refractivity contribution in [3.8, 4) is 11.5 Å². The van der Waals surface area contributed by atoms with Crippen molar-refractivity contribution in [3.05, 3.63) is 54.1 Å². The van der Waals surface area contributed by atoms with Crippen LogP contribution in [0.2, 0.25) is 0 Å². The van der Waals surface area contributed by atoms with Crippen molar-refractivity contribution in [1.82, 2.24) is 0 Å². The number of nitrogens with one attached hydrogen (secondary N) is 1. The second-order valence-electron chi connectivity index (χ2n) is 6.64. The van der Waals surface area contributed by atoms with Gasteiger partial charge >= 0.3 is 0 Å². The van der Waals surface area contributed by atoms with Gasteiger partial charge in [0.25, 0.3) is 5.91 Å². The fourth-order valence-corrected chi connectivity index (χ4v) is 2.06. The summed E-state index contributed by atoms with van der Waals surface area (Å²) >= 11 is 0. The highest BCUT2D eigenvalue weighted by atomic mass is 16.5. The number of carbonyl (C=O) groups excluding carboxylic acids is 2. The lowest BCUT2D eigenvalue weighted by Crippen LogP contribution is -2.26. The van der Waals surface area contributed by atoms with Gasteiger partial charge in [0.15, 0.2) is 5.78 Å². The predicted molar refractivity (Wildman–Crippen MR) is 97.3 cm³/mol. The fourth-order valence-electron chi connectivity index (χ4n) is 2.06. The van der Waals surface area contributed by atoms with Gasteiger partial charge in [-0.25, -0.2) is 0 Å². The van der Waals surface area contributed by atoms with Gasteiger partial charge in [0.05, 0.1) is 12.7 Å². The minimum Gasteiger partial charge on any atom is -0.496 e. The topological polar surface area (TPSA) is 64.6 Å². The zero-order valence-corrected chi connectivity index (χ0v) is 15.0. The van der Waals surface area contributed by atoms with Crippen molar-refractivity contribution < 1.29 is 19.1 Å². The molecule has 0 aliphatic carbocycles. The third-order valence-corrected chi connectivity index (χ3v) is 3.65. The Kier molecular flexibility index (Phi) is 5.80. The number of methoxy groups -OCH3 is 1. The molecule has 5 heteroatoms. The largest absolute Gasteiger partial charge is 0.496 e. The van der Waals surface area contributed by atoms with Crippen LogP contribution in [0.5, 0.6) is 11.5 Å². The van der Waals surface area contributed by atoms with Crippen LogP contribution in [0.4, 0.5) is 5.69 Å². The summed E-state index contributed by atoms with van der Waals surface area (Å²) in [6.07, 6.45) is 0. The quantitative estimate of drug-likeness (QED) is 0.864. The molecule has 132 valence electrons. The van der Waals surface area contributed by atoms with E-state index in [2.05, 4.69) is 5.32 Å². The van der Waals surface area contributed by atoms with Gasteiger partial charge in [-0.2, -0.15) is 0 Å². The van der Waals surface area contributed by atoms with E-state index in [1.807, 2.05) is 20.8 Å². The van der Waals surface area contributed by atoms with E-state index >= 15 is 0 Å². The number of anilines is 1. The first-order chi connectivity index (χ1) is 11.8. The number of amides is 1. The van der Waals surface area contributed by atoms with Crippen molar-refractivity contribution in [1.29, 1.82) is 0 Å². The van der Waals surface area contributed by atoms with Crippen molar-refractivity contribution in [2.75, 3.05) is 19.0 Å². The molecular weight excluding hydrogens is 318 g/mol. The molecule has 0 aliphatic heterocycles. The zero-order chi connectivity index (χ0) is 18.4. The molecule has 1 amide bonds. The van der Waals surface area contributed by atoms with Crippen LogP contribution >= 0.6 is 0 Å². The lowest BCUT2D eigenvalue weighted by molar-refractivity contribution is -0.128. The number of para-hydroxylation sites is 1. The standard InChI is InChI=1S/C20H23NO4/c1-20(2,3)18(22)13-25-15-9-7-8-14(12-15)21-19(23)16-10-5-6-11-17(16)24-4/h5-12H,13H2,1-4H3,(H,21,23). The second kappa shape index (κ2) is 7.83. The van der Waals surface area contributed by atoms with Crippen molar-refractivity contribution >= 4 is 17.4 Å². The first-order valence-electron chi connectivity index (χ1n) is 8.02. The smallest absolute Gasteiger partial charge is 0.259 e. The van der Waals surface area contributed by atoms with E-state index in [0.717, 1.165) is 0 Å². The molecule has 1 N–H and O–H groups in total. The number of hydrogen-bond acceptors (Lipinski definition) is 4. The molecule has 0 radical (unpaired) electrons. The highest BCUT2D eigenvalue weighted by Gasteiger charge is 2.21. The highest BCUT2D eigenvalue weighted by molar-refractivity contribution is 6.06. The summed E-state index contributed by atoms with van der Waals surface area (Å²) in [5.41, 5.74) is 0.575. The van der Waals surface area contributed by atoms with Crippen LogP contribution in [0.1, 0.15) is 31.1 Å². The lowest BCUT2D eigenvalue weighted by atomic mass is 9.91. The summed E-state index contributed by atoms with van der Waals surface area (Å²) in [5, 5.41) is 2.81. The first-order valence-corrected chi connectivity index (χ1v) is 8.02. The monoisotopic (exact) mass is 341 g/mol. The number of hydrogen-bond donors (Lipinski definition) is 1. The van der Waals surface area contributed by atoms with E-state index in [1.54, 1.807) is 48.5 Å². The summed E-state index contributed by atoms with van der Waals surface area (Å²) in [6, 6.07) is 13.9. The average Bonchev–Trinajstić information content (AvgIpc) is 2.59. The van der Waals surface area contributed by atoms with Gasteiger partial charge in [-0.05, 0) is 24.3 Å². The van der Waals surface area contributed by atoms with Gasteiger partial charge in [0.1, 0.15) is 18.1 Å². The van der Waals surface area contributed by atoms with Gasteiger partial charge in [0, 0.05) is 17.2 Å². The number of carbonyl (C=O) groups is 2. The van der Waals surface area contributed by atoms with Crippen LogP contribution in [0.25, 0.3) is 0 Å². The summed E-state index contributed by atoms with van der Waals surface area (Å²) < 4.78 is 10.7. The molecule has 0 fully saturated rings. The number of rotatable bonds is 6. The Hall–Kier alpha value is -2.82. The Morgan fingerprint density at radius 3 is 2.44 bits per heavy atom. The zero-order valence-electron chi connectivity index (χ0n) is 15.0. The highest BCUT2D eigenvalue weighted by Crippen LogP contribution is 2.22. The molecule has 0 aromatic heterocycles. The minimum atomic E-state index is -0.449. The Morgan fingerprint density at radius 1 is 1.04 bits per heavy atom. The van der Waals surface area contributed by atoms with E-state index in [0.29, 0.717) is 22.7 Å². The summed E-state index contributed by atoms with van der Waals surface area (Å²) in [6.45, 7) is 5.54. The molecule has 0 unspecified atom stereocenters. The molecule has 2 rings (SSSR count). The van der Waals surface area contributed by atoms with Crippen LogP contribution in [0.3, 0.4) is 0 Å².